The number of carbonyl (C=O) groups is 2. The standard InChI is InChI=1S/C24H26N4O6/c1-28-7-9-32-21-13-16(2-3-20(21)24(28)30)33-18-10-15(23(29)27-22(26)4-6-25)11-19(12-18)34-17-5-8-31-14-17/h2-4,6,10-13,17H,5,7-9,14,25H2,1H3,(H2,26,27,29)/p+1/b6-4-. The molecule has 0 spiro atoms. The molecule has 0 bridgehead atoms. The van der Waals surface area contributed by atoms with Crippen molar-refractivity contribution in [3.63, 3.8) is 0 Å². The Morgan fingerprint density at radius 3 is 2.79 bits per heavy atom. The van der Waals surface area contributed by atoms with Gasteiger partial charge in [0.25, 0.3) is 11.7 Å². The molecule has 5 N–H and O–H groups in total. The topological polar surface area (TPSA) is 138 Å². The number of ether oxygens (including phenoxy) is 4. The lowest BCUT2D eigenvalue weighted by Gasteiger charge is -2.15. The van der Waals surface area contributed by atoms with Gasteiger partial charge in [0.05, 0.1) is 30.9 Å². The number of amides is 2. The van der Waals surface area contributed by atoms with E-state index >= 15 is 0 Å². The molecular weight excluding hydrogens is 440 g/mol. The van der Waals surface area contributed by atoms with Crippen molar-refractivity contribution in [2.45, 2.75) is 12.5 Å². The number of nitrogens with two attached hydrogens (primary N) is 2. The van der Waals surface area contributed by atoms with Crippen molar-refractivity contribution in [2.24, 2.45) is 5.73 Å². The summed E-state index contributed by atoms with van der Waals surface area (Å²) in [5, 5.41) is 8.30. The van der Waals surface area contributed by atoms with Gasteiger partial charge in [0.2, 0.25) is 0 Å². The highest BCUT2D eigenvalue weighted by atomic mass is 16.5. The number of hydrogen-bond acceptors (Lipinski definition) is 7. The predicted molar refractivity (Wildman–Crippen MR) is 123 cm³/mol. The quantitative estimate of drug-likeness (QED) is 0.415. The Morgan fingerprint density at radius 2 is 2.03 bits per heavy atom. The summed E-state index contributed by atoms with van der Waals surface area (Å²) in [6.45, 7) is 1.96. The minimum atomic E-state index is -0.451. The van der Waals surface area contributed by atoms with Crippen LogP contribution >= 0.6 is 0 Å². The third kappa shape index (κ3) is 5.46. The highest BCUT2D eigenvalue weighted by Gasteiger charge is 2.23. The first-order valence-electron chi connectivity index (χ1n) is 10.8. The Bertz CT molecular complexity index is 1130. The molecule has 1 atom stereocenters. The number of carbonyl (C=O) groups excluding carboxylic acids is 2. The first kappa shape index (κ1) is 23.1. The Morgan fingerprint density at radius 1 is 1.21 bits per heavy atom. The third-order valence-electron chi connectivity index (χ3n) is 5.32. The summed E-state index contributed by atoms with van der Waals surface area (Å²) in [6, 6.07) is 9.85. The zero-order valence-corrected chi connectivity index (χ0v) is 18.8. The van der Waals surface area contributed by atoms with Gasteiger partial charge in [0.1, 0.15) is 35.7 Å². The van der Waals surface area contributed by atoms with Crippen LogP contribution in [-0.4, -0.2) is 62.1 Å². The van der Waals surface area contributed by atoms with Gasteiger partial charge in [-0.15, -0.1) is 0 Å². The second-order valence-electron chi connectivity index (χ2n) is 7.90. The van der Waals surface area contributed by atoms with E-state index in [9.17, 15) is 9.59 Å². The van der Waals surface area contributed by atoms with Crippen molar-refractivity contribution in [3.05, 3.63) is 59.8 Å². The monoisotopic (exact) mass is 467 g/mol. The second kappa shape index (κ2) is 10.3. The fourth-order valence-electron chi connectivity index (χ4n) is 3.57. The van der Waals surface area contributed by atoms with Crippen LogP contribution in [0.1, 0.15) is 27.1 Å². The molecule has 10 heteroatoms. The van der Waals surface area contributed by atoms with E-state index in [-0.39, 0.29) is 23.4 Å². The van der Waals surface area contributed by atoms with Crippen molar-refractivity contribution < 1.29 is 33.9 Å². The molecule has 0 aromatic heterocycles. The van der Waals surface area contributed by atoms with Crippen molar-refractivity contribution in [3.8, 4) is 23.0 Å². The van der Waals surface area contributed by atoms with Crippen molar-refractivity contribution >= 4 is 17.6 Å². The minimum absolute atomic E-state index is 0.100. The van der Waals surface area contributed by atoms with E-state index < -0.39 is 5.91 Å². The molecule has 2 amide bonds. The van der Waals surface area contributed by atoms with Gasteiger partial charge in [0.15, 0.2) is 0 Å². The average Bonchev–Trinajstić information content (AvgIpc) is 3.27. The Kier molecular flexibility index (Phi) is 6.98. The van der Waals surface area contributed by atoms with E-state index in [1.54, 1.807) is 48.3 Å². The molecule has 0 saturated carbocycles. The zero-order chi connectivity index (χ0) is 24.1. The zero-order valence-electron chi connectivity index (χ0n) is 18.8. The van der Waals surface area contributed by atoms with Gasteiger partial charge in [-0.25, -0.2) is 10.1 Å². The lowest BCUT2D eigenvalue weighted by molar-refractivity contribution is -0.115. The van der Waals surface area contributed by atoms with Gasteiger partial charge in [-0.2, -0.15) is 0 Å². The van der Waals surface area contributed by atoms with Crippen LogP contribution in [0.15, 0.2) is 48.7 Å². The maximum Gasteiger partial charge on any atom is 0.339 e. The molecule has 2 heterocycles. The van der Waals surface area contributed by atoms with Crippen molar-refractivity contribution in [2.75, 3.05) is 33.4 Å². The average molecular weight is 468 g/mol. The van der Waals surface area contributed by atoms with Crippen LogP contribution in [0.2, 0.25) is 0 Å². The van der Waals surface area contributed by atoms with Gasteiger partial charge < -0.3 is 29.6 Å². The first-order chi connectivity index (χ1) is 16.4. The van der Waals surface area contributed by atoms with Crippen LogP contribution in [0.3, 0.4) is 0 Å². The number of benzene rings is 2. The highest BCUT2D eigenvalue weighted by molar-refractivity contribution is 6.08. The van der Waals surface area contributed by atoms with Gasteiger partial charge >= 0.3 is 5.91 Å². The fraction of sp³-hybridized carbons (Fsp3) is 0.292. The predicted octanol–water partition coefficient (Wildman–Crippen LogP) is 0.471. The van der Waals surface area contributed by atoms with E-state index in [0.29, 0.717) is 54.9 Å². The molecule has 1 fully saturated rings. The first-order valence-corrected chi connectivity index (χ1v) is 10.8. The summed E-state index contributed by atoms with van der Waals surface area (Å²) in [6.07, 6.45) is 3.23. The lowest BCUT2D eigenvalue weighted by atomic mass is 10.1. The van der Waals surface area contributed by atoms with E-state index in [0.717, 1.165) is 6.42 Å². The molecule has 1 saturated heterocycles. The molecule has 0 radical (unpaired) electrons. The van der Waals surface area contributed by atoms with Gasteiger partial charge in [-0.1, -0.05) is 0 Å². The molecule has 34 heavy (non-hydrogen) atoms. The molecule has 2 aliphatic rings. The highest BCUT2D eigenvalue weighted by Crippen LogP contribution is 2.33. The maximum atomic E-state index is 12.7. The second-order valence-corrected chi connectivity index (χ2v) is 7.90. The lowest BCUT2D eigenvalue weighted by Crippen LogP contribution is -2.49. The summed E-state index contributed by atoms with van der Waals surface area (Å²) in [5.74, 6) is 1.24. The van der Waals surface area contributed by atoms with E-state index in [2.05, 4.69) is 5.32 Å². The summed E-state index contributed by atoms with van der Waals surface area (Å²) in [4.78, 5) is 26.8. The largest absolute Gasteiger partial charge is 0.491 e. The van der Waals surface area contributed by atoms with E-state index in [1.807, 2.05) is 0 Å². The van der Waals surface area contributed by atoms with Crippen LogP contribution in [0, 0.1) is 0 Å². The molecule has 4 rings (SSSR count). The summed E-state index contributed by atoms with van der Waals surface area (Å²) >= 11 is 0. The van der Waals surface area contributed by atoms with Crippen LogP contribution in [-0.2, 0) is 4.74 Å². The Hall–Kier alpha value is -4.05. The van der Waals surface area contributed by atoms with Crippen LogP contribution in [0.5, 0.6) is 23.0 Å². The van der Waals surface area contributed by atoms with Gasteiger partial charge in [-0.3, -0.25) is 10.2 Å². The third-order valence-corrected chi connectivity index (χ3v) is 5.32. The normalized spacial score (nSPS) is 17.6. The Labute approximate surface area is 196 Å². The van der Waals surface area contributed by atoms with E-state index in [4.69, 9.17) is 30.1 Å². The molecule has 10 nitrogen and oxygen atoms in total. The van der Waals surface area contributed by atoms with Crippen LogP contribution < -0.4 is 30.7 Å². The number of rotatable bonds is 6. The molecular formula is C24H27N4O6+. The van der Waals surface area contributed by atoms with Crippen molar-refractivity contribution in [1.82, 2.24) is 10.2 Å². The van der Waals surface area contributed by atoms with Gasteiger partial charge in [0, 0.05) is 37.9 Å². The molecule has 1 unspecified atom stereocenters. The fourth-order valence-corrected chi connectivity index (χ4v) is 3.57. The number of likely N-dealkylation sites (N-methyl/N-ethyl adjacent to an activating group) is 1. The minimum Gasteiger partial charge on any atom is -0.491 e. The molecule has 2 aromatic carbocycles. The molecule has 178 valence electrons. The van der Waals surface area contributed by atoms with Gasteiger partial charge in [-0.05, 0) is 24.3 Å². The van der Waals surface area contributed by atoms with Crippen LogP contribution in [0.4, 0.5) is 0 Å². The number of fused-ring (bicyclic) bond motifs is 1. The summed E-state index contributed by atoms with van der Waals surface area (Å²) in [5.41, 5.74) is 6.07. The Balaban J connectivity index is 1.61. The van der Waals surface area contributed by atoms with Crippen molar-refractivity contribution in [1.29, 1.82) is 0 Å². The number of nitrogens with zero attached hydrogens (tertiary/aromatic N) is 1. The maximum absolute atomic E-state index is 12.7. The number of hydrogen-bond donors (Lipinski definition) is 3. The SMILES string of the molecule is CN1CCOc2cc(Oc3cc(OC4CCOC4)cc(C(=O)NC(=[NH2+])/C=C\N)c3)ccc2C1=O. The molecule has 0 aliphatic carbocycles. The van der Waals surface area contributed by atoms with E-state index in [1.165, 1.54) is 12.3 Å². The number of amidine groups is 1. The summed E-state index contributed by atoms with van der Waals surface area (Å²) in [7, 11) is 1.73. The molecule has 2 aromatic rings. The smallest absolute Gasteiger partial charge is 0.339 e. The van der Waals surface area contributed by atoms with Crippen LogP contribution in [0.25, 0.3) is 0 Å². The molecule has 2 aliphatic heterocycles. The summed E-state index contributed by atoms with van der Waals surface area (Å²) < 4.78 is 23.1. The number of nitrogens with one attached hydrogen (secondary N) is 1.